The quantitative estimate of drug-likeness (QED) is 0.798. The Kier molecular flexibility index (Phi) is 3.68. The van der Waals surface area contributed by atoms with Crippen molar-refractivity contribution in [1.29, 1.82) is 0 Å². The third-order valence-electron chi connectivity index (χ3n) is 5.61. The van der Waals surface area contributed by atoms with Crippen LogP contribution in [0, 0.1) is 5.41 Å². The Bertz CT molecular complexity index is 610. The molecule has 3 aliphatic rings. The maximum Gasteiger partial charge on any atom is 0.230 e. The highest BCUT2D eigenvalue weighted by atomic mass is 16.5. The van der Waals surface area contributed by atoms with Gasteiger partial charge < -0.3 is 19.3 Å². The van der Waals surface area contributed by atoms with Crippen LogP contribution >= 0.6 is 0 Å². The van der Waals surface area contributed by atoms with Crippen molar-refractivity contribution in [2.75, 3.05) is 49.8 Å². The summed E-state index contributed by atoms with van der Waals surface area (Å²) in [6, 6.07) is 6.24. The number of hydrogen-bond donors (Lipinski definition) is 0. The predicted octanol–water partition coefficient (Wildman–Crippen LogP) is 2.44. The van der Waals surface area contributed by atoms with Crippen molar-refractivity contribution in [2.24, 2.45) is 5.41 Å². The minimum Gasteiger partial charge on any atom is -0.491 e. The molecule has 5 nitrogen and oxygen atoms in total. The van der Waals surface area contributed by atoms with Gasteiger partial charge in [0.05, 0.1) is 18.7 Å². The van der Waals surface area contributed by atoms with Gasteiger partial charge in [-0.15, -0.1) is 0 Å². The smallest absolute Gasteiger partial charge is 0.230 e. The normalized spacial score (nSPS) is 23.6. The first-order valence-electron chi connectivity index (χ1n) is 8.53. The Morgan fingerprint density at radius 1 is 1.13 bits per heavy atom. The number of fused-ring (bicyclic) bond motifs is 1. The van der Waals surface area contributed by atoms with Gasteiger partial charge in [-0.3, -0.25) is 4.79 Å². The molecule has 5 heteroatoms. The Hall–Kier alpha value is -1.75. The molecule has 0 N–H and O–H groups in total. The molecule has 1 amide bonds. The van der Waals surface area contributed by atoms with Crippen molar-refractivity contribution in [3.8, 4) is 5.75 Å². The lowest BCUT2D eigenvalue weighted by molar-refractivity contribution is -0.118. The second-order valence-corrected chi connectivity index (χ2v) is 6.99. The molecule has 3 heterocycles. The molecule has 1 aromatic carbocycles. The Morgan fingerprint density at radius 2 is 1.96 bits per heavy atom. The van der Waals surface area contributed by atoms with E-state index in [2.05, 4.69) is 17.0 Å². The average Bonchev–Trinajstić information content (AvgIpc) is 2.92. The molecular formula is C18H24N2O3. The Morgan fingerprint density at radius 3 is 2.78 bits per heavy atom. The molecule has 0 aliphatic carbocycles. The zero-order valence-electron chi connectivity index (χ0n) is 13.7. The van der Waals surface area contributed by atoms with Crippen LogP contribution in [0.2, 0.25) is 0 Å². The predicted molar refractivity (Wildman–Crippen MR) is 89.3 cm³/mol. The molecule has 23 heavy (non-hydrogen) atoms. The maximum absolute atomic E-state index is 12.1. The standard InChI is InChI=1S/C18H24N2O3/c1-19-15-12-14(2-3-16(15)23-9-4-17(19)21)20-8-5-18(13-20)6-10-22-11-7-18/h2-3,12H,4-11,13H2,1H3. The number of carbonyl (C=O) groups is 1. The lowest BCUT2D eigenvalue weighted by Gasteiger charge is -2.33. The fourth-order valence-corrected chi connectivity index (χ4v) is 4.01. The minimum absolute atomic E-state index is 0.114. The monoisotopic (exact) mass is 316 g/mol. The molecule has 3 aliphatic heterocycles. The van der Waals surface area contributed by atoms with E-state index in [1.807, 2.05) is 13.1 Å². The highest BCUT2D eigenvalue weighted by Gasteiger charge is 2.39. The van der Waals surface area contributed by atoms with Crippen molar-refractivity contribution < 1.29 is 14.3 Å². The van der Waals surface area contributed by atoms with E-state index in [1.54, 1.807) is 4.90 Å². The second kappa shape index (κ2) is 5.71. The summed E-state index contributed by atoms with van der Waals surface area (Å²) < 4.78 is 11.3. The number of carbonyl (C=O) groups excluding carboxylic acids is 1. The van der Waals surface area contributed by atoms with Crippen LogP contribution in [0.5, 0.6) is 5.75 Å². The first-order valence-corrected chi connectivity index (χ1v) is 8.53. The average molecular weight is 316 g/mol. The number of anilines is 2. The van der Waals surface area contributed by atoms with E-state index in [0.29, 0.717) is 18.4 Å². The molecule has 2 saturated heterocycles. The van der Waals surface area contributed by atoms with Gasteiger partial charge in [-0.05, 0) is 42.9 Å². The van der Waals surface area contributed by atoms with Gasteiger partial charge in [-0.2, -0.15) is 0 Å². The van der Waals surface area contributed by atoms with Crippen LogP contribution in [0.1, 0.15) is 25.7 Å². The minimum atomic E-state index is 0.114. The summed E-state index contributed by atoms with van der Waals surface area (Å²) in [5.41, 5.74) is 2.50. The molecule has 0 saturated carbocycles. The topological polar surface area (TPSA) is 42.0 Å². The molecule has 0 radical (unpaired) electrons. The van der Waals surface area contributed by atoms with Gasteiger partial charge in [0.25, 0.3) is 0 Å². The maximum atomic E-state index is 12.1. The van der Waals surface area contributed by atoms with Gasteiger partial charge in [-0.25, -0.2) is 0 Å². The zero-order chi connectivity index (χ0) is 15.9. The summed E-state index contributed by atoms with van der Waals surface area (Å²) in [7, 11) is 1.84. The highest BCUT2D eigenvalue weighted by molar-refractivity contribution is 5.95. The van der Waals surface area contributed by atoms with Crippen LogP contribution in [-0.2, 0) is 9.53 Å². The number of amides is 1. The van der Waals surface area contributed by atoms with Crippen LogP contribution in [-0.4, -0.2) is 45.9 Å². The summed E-state index contributed by atoms with van der Waals surface area (Å²) in [6.07, 6.45) is 4.00. The fourth-order valence-electron chi connectivity index (χ4n) is 4.01. The third kappa shape index (κ3) is 2.67. The Labute approximate surface area is 137 Å². The van der Waals surface area contributed by atoms with Crippen molar-refractivity contribution in [3.05, 3.63) is 18.2 Å². The molecular weight excluding hydrogens is 292 g/mol. The largest absolute Gasteiger partial charge is 0.491 e. The van der Waals surface area contributed by atoms with Gasteiger partial charge >= 0.3 is 0 Å². The van der Waals surface area contributed by atoms with Gasteiger partial charge in [0.1, 0.15) is 5.75 Å². The second-order valence-electron chi connectivity index (χ2n) is 6.99. The third-order valence-corrected chi connectivity index (χ3v) is 5.61. The number of nitrogens with zero attached hydrogens (tertiary/aromatic N) is 2. The number of hydrogen-bond acceptors (Lipinski definition) is 4. The van der Waals surface area contributed by atoms with E-state index >= 15 is 0 Å². The summed E-state index contributed by atoms with van der Waals surface area (Å²) >= 11 is 0. The lowest BCUT2D eigenvalue weighted by atomic mass is 9.80. The lowest BCUT2D eigenvalue weighted by Crippen LogP contribution is -2.33. The van der Waals surface area contributed by atoms with Crippen molar-refractivity contribution >= 4 is 17.3 Å². The van der Waals surface area contributed by atoms with Crippen molar-refractivity contribution in [2.45, 2.75) is 25.7 Å². The van der Waals surface area contributed by atoms with E-state index in [0.717, 1.165) is 50.6 Å². The van der Waals surface area contributed by atoms with Gasteiger partial charge in [0.2, 0.25) is 5.91 Å². The first kappa shape index (κ1) is 14.8. The van der Waals surface area contributed by atoms with Crippen LogP contribution < -0.4 is 14.5 Å². The number of ether oxygens (including phenoxy) is 2. The molecule has 124 valence electrons. The van der Waals surface area contributed by atoms with Crippen molar-refractivity contribution in [1.82, 2.24) is 0 Å². The summed E-state index contributed by atoms with van der Waals surface area (Å²) in [4.78, 5) is 16.3. The number of benzene rings is 1. The highest BCUT2D eigenvalue weighted by Crippen LogP contribution is 2.43. The Balaban J connectivity index is 1.58. The van der Waals surface area contributed by atoms with E-state index in [9.17, 15) is 4.79 Å². The van der Waals surface area contributed by atoms with Gasteiger partial charge in [-0.1, -0.05) is 0 Å². The van der Waals surface area contributed by atoms with Crippen LogP contribution in [0.25, 0.3) is 0 Å². The fraction of sp³-hybridized carbons (Fsp3) is 0.611. The molecule has 0 atom stereocenters. The van der Waals surface area contributed by atoms with Crippen LogP contribution in [0.15, 0.2) is 18.2 Å². The van der Waals surface area contributed by atoms with Crippen LogP contribution in [0.4, 0.5) is 11.4 Å². The molecule has 2 fully saturated rings. The van der Waals surface area contributed by atoms with Crippen molar-refractivity contribution in [3.63, 3.8) is 0 Å². The first-order chi connectivity index (χ1) is 11.2. The molecule has 0 bridgehead atoms. The summed E-state index contributed by atoms with van der Waals surface area (Å²) in [6.45, 7) is 4.42. The molecule has 0 aromatic heterocycles. The van der Waals surface area contributed by atoms with E-state index in [4.69, 9.17) is 9.47 Å². The molecule has 1 spiro atoms. The zero-order valence-corrected chi connectivity index (χ0v) is 13.7. The molecule has 1 aromatic rings. The molecule has 4 rings (SSSR count). The summed E-state index contributed by atoms with van der Waals surface area (Å²) in [5, 5.41) is 0. The SMILES string of the molecule is CN1C(=O)CCOc2ccc(N3CCC4(CCOCC4)C3)cc21. The number of rotatable bonds is 1. The van der Waals surface area contributed by atoms with Crippen LogP contribution in [0.3, 0.4) is 0 Å². The van der Waals surface area contributed by atoms with Gasteiger partial charge in [0, 0.05) is 39.0 Å². The van der Waals surface area contributed by atoms with E-state index in [1.165, 1.54) is 12.1 Å². The van der Waals surface area contributed by atoms with Gasteiger partial charge in [0.15, 0.2) is 0 Å². The molecule has 0 unspecified atom stereocenters. The van der Waals surface area contributed by atoms with E-state index in [-0.39, 0.29) is 5.91 Å². The van der Waals surface area contributed by atoms with E-state index < -0.39 is 0 Å². The summed E-state index contributed by atoms with van der Waals surface area (Å²) in [5.74, 6) is 0.922.